The Morgan fingerprint density at radius 2 is 2.06 bits per heavy atom. The summed E-state index contributed by atoms with van der Waals surface area (Å²) in [6.07, 6.45) is 1.77. The molecule has 0 saturated carbocycles. The number of imidazole rings is 1. The molecule has 0 atom stereocenters. The summed E-state index contributed by atoms with van der Waals surface area (Å²) in [5, 5.41) is 0. The van der Waals surface area contributed by atoms with Crippen LogP contribution in [0.5, 0.6) is 0 Å². The number of aromatic amines is 1. The number of fused-ring (bicyclic) bond motifs is 1. The molecule has 3 aromatic rings. The lowest BCUT2D eigenvalue weighted by Crippen LogP contribution is -1.84. The second kappa shape index (κ2) is 3.96. The van der Waals surface area contributed by atoms with Crippen molar-refractivity contribution >= 4 is 27.0 Å². The molecule has 2 heterocycles. The van der Waals surface area contributed by atoms with Crippen LogP contribution in [0.4, 0.5) is 0 Å². The number of pyridine rings is 1. The predicted molar refractivity (Wildman–Crippen MR) is 71.8 cm³/mol. The number of hydrogen-bond acceptors (Lipinski definition) is 2. The van der Waals surface area contributed by atoms with Gasteiger partial charge in [-0.2, -0.15) is 0 Å². The number of benzene rings is 1. The predicted octanol–water partition coefficient (Wildman–Crippen LogP) is 3.70. The van der Waals surface area contributed by atoms with Gasteiger partial charge in [-0.15, -0.1) is 0 Å². The highest BCUT2D eigenvalue weighted by molar-refractivity contribution is 9.10. The summed E-state index contributed by atoms with van der Waals surface area (Å²) < 4.78 is 0.966. The number of hydrogen-bond donors (Lipinski definition) is 1. The number of nitrogens with zero attached hydrogens (tertiary/aromatic N) is 2. The third-order valence-electron chi connectivity index (χ3n) is 2.61. The highest BCUT2D eigenvalue weighted by Crippen LogP contribution is 2.20. The summed E-state index contributed by atoms with van der Waals surface area (Å²) in [5.74, 6) is 0.804. The van der Waals surface area contributed by atoms with Gasteiger partial charge in [0.05, 0.1) is 11.0 Å². The smallest absolute Gasteiger partial charge is 0.157 e. The summed E-state index contributed by atoms with van der Waals surface area (Å²) in [4.78, 5) is 12.1. The van der Waals surface area contributed by atoms with Crippen LogP contribution in [-0.2, 0) is 0 Å². The minimum Gasteiger partial charge on any atom is -0.337 e. The van der Waals surface area contributed by atoms with E-state index in [1.807, 2.05) is 18.2 Å². The van der Waals surface area contributed by atoms with Gasteiger partial charge in [-0.3, -0.25) is 4.98 Å². The van der Waals surface area contributed by atoms with Crippen molar-refractivity contribution in [3.63, 3.8) is 0 Å². The van der Waals surface area contributed by atoms with Gasteiger partial charge in [0, 0.05) is 10.7 Å². The number of H-pyrrole nitrogens is 1. The van der Waals surface area contributed by atoms with E-state index in [2.05, 4.69) is 49.9 Å². The van der Waals surface area contributed by atoms with Crippen molar-refractivity contribution in [2.45, 2.75) is 6.92 Å². The molecule has 3 rings (SSSR count). The lowest BCUT2D eigenvalue weighted by molar-refractivity contribution is 1.23. The van der Waals surface area contributed by atoms with Crippen molar-refractivity contribution in [3.05, 3.63) is 46.6 Å². The first-order valence-electron chi connectivity index (χ1n) is 5.31. The Morgan fingerprint density at radius 1 is 1.18 bits per heavy atom. The van der Waals surface area contributed by atoms with E-state index in [-0.39, 0.29) is 0 Å². The van der Waals surface area contributed by atoms with Crippen molar-refractivity contribution in [2.75, 3.05) is 0 Å². The lowest BCUT2D eigenvalue weighted by atomic mass is 10.2. The summed E-state index contributed by atoms with van der Waals surface area (Å²) in [5.41, 5.74) is 4.08. The molecule has 4 heteroatoms. The van der Waals surface area contributed by atoms with Crippen molar-refractivity contribution in [1.82, 2.24) is 15.0 Å². The van der Waals surface area contributed by atoms with Crippen molar-refractivity contribution in [2.24, 2.45) is 0 Å². The molecule has 17 heavy (non-hydrogen) atoms. The molecule has 0 aliphatic carbocycles. The van der Waals surface area contributed by atoms with Gasteiger partial charge >= 0.3 is 0 Å². The van der Waals surface area contributed by atoms with E-state index in [9.17, 15) is 0 Å². The van der Waals surface area contributed by atoms with E-state index in [1.54, 1.807) is 6.20 Å². The maximum absolute atomic E-state index is 4.52. The number of aromatic nitrogens is 3. The maximum atomic E-state index is 4.52. The van der Waals surface area contributed by atoms with E-state index in [0.717, 1.165) is 27.0 Å². The molecular formula is C13H10BrN3. The topological polar surface area (TPSA) is 41.6 Å². The minimum atomic E-state index is 0.804. The van der Waals surface area contributed by atoms with E-state index in [1.165, 1.54) is 5.56 Å². The van der Waals surface area contributed by atoms with E-state index in [4.69, 9.17) is 0 Å². The number of halogens is 1. The Bertz CT molecular complexity index is 671. The van der Waals surface area contributed by atoms with Crippen LogP contribution in [0.1, 0.15) is 5.56 Å². The first-order chi connectivity index (χ1) is 8.22. The van der Waals surface area contributed by atoms with E-state index in [0.29, 0.717) is 0 Å². The zero-order valence-corrected chi connectivity index (χ0v) is 10.8. The molecule has 0 unspecified atom stereocenters. The Balaban J connectivity index is 2.14. The fourth-order valence-corrected chi connectivity index (χ4v) is 2.00. The monoisotopic (exact) mass is 287 g/mol. The van der Waals surface area contributed by atoms with E-state index >= 15 is 0 Å². The second-order valence-electron chi connectivity index (χ2n) is 3.97. The van der Waals surface area contributed by atoms with Crippen molar-refractivity contribution in [1.29, 1.82) is 0 Å². The molecule has 2 aromatic heterocycles. The van der Waals surface area contributed by atoms with Gasteiger partial charge < -0.3 is 4.98 Å². The number of rotatable bonds is 1. The van der Waals surface area contributed by atoms with Gasteiger partial charge in [-0.1, -0.05) is 6.07 Å². The largest absolute Gasteiger partial charge is 0.337 e. The third kappa shape index (κ3) is 1.96. The molecule has 0 radical (unpaired) electrons. The summed E-state index contributed by atoms with van der Waals surface area (Å²) >= 11 is 3.37. The summed E-state index contributed by atoms with van der Waals surface area (Å²) in [6.45, 7) is 2.07. The van der Waals surface area contributed by atoms with E-state index < -0.39 is 0 Å². The quantitative estimate of drug-likeness (QED) is 0.742. The maximum Gasteiger partial charge on any atom is 0.157 e. The first-order valence-corrected chi connectivity index (χ1v) is 6.10. The molecule has 0 spiro atoms. The van der Waals surface area contributed by atoms with Crippen LogP contribution in [0.25, 0.3) is 22.6 Å². The molecule has 3 nitrogen and oxygen atoms in total. The molecule has 0 aliphatic heterocycles. The molecule has 84 valence electrons. The Kier molecular flexibility index (Phi) is 2.44. The van der Waals surface area contributed by atoms with Crippen LogP contribution in [0.15, 0.2) is 41.0 Å². The van der Waals surface area contributed by atoms with Crippen LogP contribution in [0.2, 0.25) is 0 Å². The standard InChI is InChI=1S/C13H10BrN3/c1-8-2-4-10-12(6-8)17-13(16-10)11-5-3-9(14)7-15-11/h2-7H,1H3,(H,16,17). The number of aryl methyl sites for hydroxylation is 1. The first kappa shape index (κ1) is 10.5. The highest BCUT2D eigenvalue weighted by atomic mass is 79.9. The fraction of sp³-hybridized carbons (Fsp3) is 0.0769. The van der Waals surface area contributed by atoms with Crippen molar-refractivity contribution in [3.8, 4) is 11.5 Å². The zero-order valence-electron chi connectivity index (χ0n) is 9.24. The normalized spacial score (nSPS) is 10.9. The average Bonchev–Trinajstić information content (AvgIpc) is 2.72. The van der Waals surface area contributed by atoms with Crippen LogP contribution in [0.3, 0.4) is 0 Å². The van der Waals surface area contributed by atoms with Gasteiger partial charge in [0.2, 0.25) is 0 Å². The fourth-order valence-electron chi connectivity index (χ4n) is 1.76. The molecule has 0 aliphatic rings. The molecule has 0 fully saturated rings. The van der Waals surface area contributed by atoms with Gasteiger partial charge in [-0.05, 0) is 52.7 Å². The minimum absolute atomic E-state index is 0.804. The molecule has 1 N–H and O–H groups in total. The van der Waals surface area contributed by atoms with Gasteiger partial charge in [-0.25, -0.2) is 4.98 Å². The highest BCUT2D eigenvalue weighted by Gasteiger charge is 2.06. The molecule has 0 amide bonds. The van der Waals surface area contributed by atoms with Crippen LogP contribution < -0.4 is 0 Å². The van der Waals surface area contributed by atoms with Crippen LogP contribution >= 0.6 is 15.9 Å². The molecular weight excluding hydrogens is 278 g/mol. The summed E-state index contributed by atoms with van der Waals surface area (Å²) in [7, 11) is 0. The van der Waals surface area contributed by atoms with Gasteiger partial charge in [0.1, 0.15) is 5.69 Å². The van der Waals surface area contributed by atoms with Gasteiger partial charge in [0.25, 0.3) is 0 Å². The lowest BCUT2D eigenvalue weighted by Gasteiger charge is -1.94. The Morgan fingerprint density at radius 3 is 2.82 bits per heavy atom. The summed E-state index contributed by atoms with van der Waals surface area (Å²) in [6, 6.07) is 10.1. The average molecular weight is 288 g/mol. The second-order valence-corrected chi connectivity index (χ2v) is 4.88. The molecule has 1 aromatic carbocycles. The SMILES string of the molecule is Cc1ccc2nc(-c3ccc(Br)cn3)[nH]c2c1. The van der Waals surface area contributed by atoms with Gasteiger partial charge in [0.15, 0.2) is 5.82 Å². The van der Waals surface area contributed by atoms with Crippen molar-refractivity contribution < 1.29 is 0 Å². The third-order valence-corrected chi connectivity index (χ3v) is 3.08. The van der Waals surface area contributed by atoms with Crippen LogP contribution in [0, 0.1) is 6.92 Å². The number of nitrogens with one attached hydrogen (secondary N) is 1. The van der Waals surface area contributed by atoms with Crippen LogP contribution in [-0.4, -0.2) is 15.0 Å². The zero-order chi connectivity index (χ0) is 11.8. The molecule has 0 bridgehead atoms. The molecule has 0 saturated heterocycles. The Labute approximate surface area is 107 Å². The Hall–Kier alpha value is -1.68.